The van der Waals surface area contributed by atoms with Crippen molar-refractivity contribution in [3.63, 3.8) is 0 Å². The Labute approximate surface area is 96.2 Å². The quantitative estimate of drug-likeness (QED) is 0.755. The van der Waals surface area contributed by atoms with Gasteiger partial charge in [0.05, 0.1) is 11.4 Å². The SMILES string of the molecule is CCNC(=O)CCNc1cn(C)nc1CC. The van der Waals surface area contributed by atoms with Gasteiger partial charge >= 0.3 is 0 Å². The highest BCUT2D eigenvalue weighted by atomic mass is 16.1. The van der Waals surface area contributed by atoms with Crippen LogP contribution in [-0.4, -0.2) is 28.8 Å². The molecule has 1 aromatic heterocycles. The van der Waals surface area contributed by atoms with Crippen molar-refractivity contribution in [1.82, 2.24) is 15.1 Å². The summed E-state index contributed by atoms with van der Waals surface area (Å²) >= 11 is 0. The zero-order valence-electron chi connectivity index (χ0n) is 10.2. The molecule has 1 aromatic rings. The second-order valence-electron chi connectivity index (χ2n) is 3.65. The Balaban J connectivity index is 2.39. The van der Waals surface area contributed by atoms with Crippen molar-refractivity contribution in [2.45, 2.75) is 26.7 Å². The number of nitrogens with one attached hydrogen (secondary N) is 2. The van der Waals surface area contributed by atoms with Crippen LogP contribution in [0.2, 0.25) is 0 Å². The van der Waals surface area contributed by atoms with Gasteiger partial charge in [-0.2, -0.15) is 5.10 Å². The largest absolute Gasteiger partial charge is 0.382 e. The molecule has 0 spiro atoms. The summed E-state index contributed by atoms with van der Waals surface area (Å²) in [5, 5.41) is 10.3. The number of aryl methyl sites for hydroxylation is 2. The zero-order valence-corrected chi connectivity index (χ0v) is 10.2. The molecule has 0 aliphatic rings. The first-order valence-corrected chi connectivity index (χ1v) is 5.70. The fraction of sp³-hybridized carbons (Fsp3) is 0.636. The number of aromatic nitrogens is 2. The summed E-state index contributed by atoms with van der Waals surface area (Å²) in [5.41, 5.74) is 2.06. The van der Waals surface area contributed by atoms with Crippen molar-refractivity contribution < 1.29 is 4.79 Å². The Morgan fingerprint density at radius 3 is 2.88 bits per heavy atom. The lowest BCUT2D eigenvalue weighted by Crippen LogP contribution is -2.24. The van der Waals surface area contributed by atoms with Crippen LogP contribution in [0.5, 0.6) is 0 Å². The smallest absolute Gasteiger partial charge is 0.221 e. The Hall–Kier alpha value is -1.52. The zero-order chi connectivity index (χ0) is 12.0. The molecule has 0 atom stereocenters. The van der Waals surface area contributed by atoms with Gasteiger partial charge in [-0.1, -0.05) is 6.92 Å². The standard InChI is InChI=1S/C11H20N4O/c1-4-9-10(8-15(3)14-9)13-7-6-11(16)12-5-2/h8,13H,4-7H2,1-3H3,(H,12,16). The number of anilines is 1. The number of carbonyl (C=O) groups is 1. The van der Waals surface area contributed by atoms with E-state index < -0.39 is 0 Å². The summed E-state index contributed by atoms with van der Waals surface area (Å²) in [6, 6.07) is 0. The normalized spacial score (nSPS) is 10.2. The first-order chi connectivity index (χ1) is 7.67. The molecule has 5 heteroatoms. The van der Waals surface area contributed by atoms with Crippen molar-refractivity contribution in [2.75, 3.05) is 18.4 Å². The maximum absolute atomic E-state index is 11.2. The first kappa shape index (κ1) is 12.5. The van der Waals surface area contributed by atoms with E-state index in [9.17, 15) is 4.79 Å². The van der Waals surface area contributed by atoms with E-state index in [1.54, 1.807) is 4.68 Å². The highest BCUT2D eigenvalue weighted by Gasteiger charge is 2.05. The summed E-state index contributed by atoms with van der Waals surface area (Å²) in [4.78, 5) is 11.2. The van der Waals surface area contributed by atoms with Crippen LogP contribution in [0.4, 0.5) is 5.69 Å². The molecule has 1 heterocycles. The van der Waals surface area contributed by atoms with Gasteiger partial charge in [0.25, 0.3) is 0 Å². The lowest BCUT2D eigenvalue weighted by molar-refractivity contribution is -0.120. The van der Waals surface area contributed by atoms with E-state index in [0.29, 0.717) is 19.5 Å². The van der Waals surface area contributed by atoms with Crippen molar-refractivity contribution in [1.29, 1.82) is 0 Å². The highest BCUT2D eigenvalue weighted by molar-refractivity contribution is 5.76. The number of rotatable bonds is 6. The van der Waals surface area contributed by atoms with Gasteiger partial charge in [0, 0.05) is 32.8 Å². The van der Waals surface area contributed by atoms with E-state index in [-0.39, 0.29) is 5.91 Å². The number of hydrogen-bond donors (Lipinski definition) is 2. The molecular formula is C11H20N4O. The van der Waals surface area contributed by atoms with Crippen LogP contribution in [0, 0.1) is 0 Å². The van der Waals surface area contributed by atoms with Crippen LogP contribution in [0.1, 0.15) is 26.0 Å². The third-order valence-corrected chi connectivity index (χ3v) is 2.28. The van der Waals surface area contributed by atoms with E-state index in [2.05, 4.69) is 22.7 Å². The summed E-state index contributed by atoms with van der Waals surface area (Å²) in [6.45, 7) is 5.31. The van der Waals surface area contributed by atoms with Crippen LogP contribution >= 0.6 is 0 Å². The minimum Gasteiger partial charge on any atom is -0.382 e. The molecule has 5 nitrogen and oxygen atoms in total. The van der Waals surface area contributed by atoms with Crippen molar-refractivity contribution in [3.8, 4) is 0 Å². The van der Waals surface area contributed by atoms with E-state index >= 15 is 0 Å². The van der Waals surface area contributed by atoms with Gasteiger partial charge < -0.3 is 10.6 Å². The average Bonchev–Trinajstić information content (AvgIpc) is 2.59. The monoisotopic (exact) mass is 224 g/mol. The van der Waals surface area contributed by atoms with E-state index in [0.717, 1.165) is 17.8 Å². The van der Waals surface area contributed by atoms with E-state index in [4.69, 9.17) is 0 Å². The third-order valence-electron chi connectivity index (χ3n) is 2.28. The molecule has 2 N–H and O–H groups in total. The molecule has 0 bridgehead atoms. The fourth-order valence-electron chi connectivity index (χ4n) is 1.54. The second kappa shape index (κ2) is 6.15. The summed E-state index contributed by atoms with van der Waals surface area (Å²) < 4.78 is 1.79. The van der Waals surface area contributed by atoms with Crippen LogP contribution in [-0.2, 0) is 18.3 Å². The van der Waals surface area contributed by atoms with Gasteiger partial charge in [-0.25, -0.2) is 0 Å². The number of hydrogen-bond acceptors (Lipinski definition) is 3. The van der Waals surface area contributed by atoms with Crippen LogP contribution in [0.3, 0.4) is 0 Å². The third kappa shape index (κ3) is 3.56. The molecule has 1 amide bonds. The molecule has 1 rings (SSSR count). The Morgan fingerprint density at radius 1 is 1.50 bits per heavy atom. The lowest BCUT2D eigenvalue weighted by Gasteiger charge is -2.05. The summed E-state index contributed by atoms with van der Waals surface area (Å²) in [7, 11) is 1.90. The van der Waals surface area contributed by atoms with Gasteiger partial charge in [-0.05, 0) is 13.3 Å². The van der Waals surface area contributed by atoms with E-state index in [1.165, 1.54) is 0 Å². The van der Waals surface area contributed by atoms with Gasteiger partial charge in [0.1, 0.15) is 0 Å². The Kier molecular flexibility index (Phi) is 4.82. The maximum atomic E-state index is 11.2. The number of carbonyl (C=O) groups excluding carboxylic acids is 1. The van der Waals surface area contributed by atoms with Crippen LogP contribution < -0.4 is 10.6 Å². The molecule has 0 aromatic carbocycles. The van der Waals surface area contributed by atoms with Crippen molar-refractivity contribution in [3.05, 3.63) is 11.9 Å². The maximum Gasteiger partial charge on any atom is 0.221 e. The average molecular weight is 224 g/mol. The van der Waals surface area contributed by atoms with Crippen LogP contribution in [0.15, 0.2) is 6.20 Å². The summed E-state index contributed by atoms with van der Waals surface area (Å²) in [5.74, 6) is 0.0805. The molecule has 0 saturated carbocycles. The predicted molar refractivity (Wildman–Crippen MR) is 64.4 cm³/mol. The van der Waals surface area contributed by atoms with Gasteiger partial charge in [-0.3, -0.25) is 9.48 Å². The van der Waals surface area contributed by atoms with Crippen molar-refractivity contribution >= 4 is 11.6 Å². The Bertz CT molecular complexity index is 346. The predicted octanol–water partition coefficient (Wildman–Crippen LogP) is 0.921. The van der Waals surface area contributed by atoms with Crippen LogP contribution in [0.25, 0.3) is 0 Å². The van der Waals surface area contributed by atoms with Gasteiger partial charge in [0.15, 0.2) is 0 Å². The highest BCUT2D eigenvalue weighted by Crippen LogP contribution is 2.13. The Morgan fingerprint density at radius 2 is 2.25 bits per heavy atom. The van der Waals surface area contributed by atoms with E-state index in [1.807, 2.05) is 20.2 Å². The minimum atomic E-state index is 0.0805. The molecule has 0 aliphatic carbocycles. The number of amides is 1. The molecular weight excluding hydrogens is 204 g/mol. The molecule has 90 valence electrons. The first-order valence-electron chi connectivity index (χ1n) is 5.70. The molecule has 0 radical (unpaired) electrons. The van der Waals surface area contributed by atoms with Crippen molar-refractivity contribution in [2.24, 2.45) is 7.05 Å². The lowest BCUT2D eigenvalue weighted by atomic mass is 10.3. The molecule has 0 aliphatic heterocycles. The fourth-order valence-corrected chi connectivity index (χ4v) is 1.54. The molecule has 0 unspecified atom stereocenters. The number of nitrogens with zero attached hydrogens (tertiary/aromatic N) is 2. The van der Waals surface area contributed by atoms with Gasteiger partial charge in [-0.15, -0.1) is 0 Å². The molecule has 16 heavy (non-hydrogen) atoms. The minimum absolute atomic E-state index is 0.0805. The molecule has 0 fully saturated rings. The second-order valence-corrected chi connectivity index (χ2v) is 3.65. The van der Waals surface area contributed by atoms with Gasteiger partial charge in [0.2, 0.25) is 5.91 Å². The molecule has 0 saturated heterocycles. The summed E-state index contributed by atoms with van der Waals surface area (Å²) in [6.07, 6.45) is 3.33. The topological polar surface area (TPSA) is 59.0 Å².